The van der Waals surface area contributed by atoms with Crippen molar-refractivity contribution in [2.24, 2.45) is 0 Å². The molecule has 0 spiro atoms. The van der Waals surface area contributed by atoms with Gasteiger partial charge in [-0.3, -0.25) is 0 Å². The molecule has 0 fully saturated rings. The summed E-state index contributed by atoms with van der Waals surface area (Å²) >= 11 is 0. The van der Waals surface area contributed by atoms with Gasteiger partial charge in [-0.25, -0.2) is 9.97 Å². The second-order valence-electron chi connectivity index (χ2n) is 5.80. The Labute approximate surface area is 127 Å². The van der Waals surface area contributed by atoms with Crippen LogP contribution in [-0.2, 0) is 0 Å². The molecule has 0 aliphatic heterocycles. The van der Waals surface area contributed by atoms with E-state index in [1.54, 1.807) is 0 Å². The molecule has 0 amide bonds. The van der Waals surface area contributed by atoms with E-state index >= 15 is 0 Å². The summed E-state index contributed by atoms with van der Waals surface area (Å²) < 4.78 is 0. The van der Waals surface area contributed by atoms with Crippen molar-refractivity contribution in [1.29, 1.82) is 0 Å². The van der Waals surface area contributed by atoms with Crippen molar-refractivity contribution in [2.75, 3.05) is 11.9 Å². The highest BCUT2D eigenvalue weighted by Crippen LogP contribution is 2.27. The molecule has 0 aliphatic carbocycles. The normalized spacial score (nSPS) is 11.0. The topological polar surface area (TPSA) is 37.8 Å². The summed E-state index contributed by atoms with van der Waals surface area (Å²) in [6.45, 7) is 11.5. The maximum absolute atomic E-state index is 4.64. The molecular weight excluding hydrogens is 258 g/mol. The Morgan fingerprint density at radius 2 is 1.71 bits per heavy atom. The van der Waals surface area contributed by atoms with Crippen LogP contribution in [0.15, 0.2) is 24.3 Å². The first kappa shape index (κ1) is 15.5. The summed E-state index contributed by atoms with van der Waals surface area (Å²) in [5, 5.41) is 3.39. The van der Waals surface area contributed by atoms with E-state index in [2.05, 4.69) is 67.2 Å². The molecule has 3 heteroatoms. The van der Waals surface area contributed by atoms with Gasteiger partial charge < -0.3 is 5.32 Å². The maximum Gasteiger partial charge on any atom is 0.133 e. The summed E-state index contributed by atoms with van der Waals surface area (Å²) in [7, 11) is 0. The van der Waals surface area contributed by atoms with Crippen LogP contribution in [0.1, 0.15) is 50.1 Å². The van der Waals surface area contributed by atoms with Crippen molar-refractivity contribution in [3.05, 3.63) is 41.2 Å². The van der Waals surface area contributed by atoms with E-state index in [9.17, 15) is 0 Å². The summed E-state index contributed by atoms with van der Waals surface area (Å²) in [6, 6.07) is 8.70. The molecule has 0 bridgehead atoms. The van der Waals surface area contributed by atoms with Crippen LogP contribution in [0.25, 0.3) is 11.3 Å². The monoisotopic (exact) mass is 283 g/mol. The summed E-state index contributed by atoms with van der Waals surface area (Å²) in [4.78, 5) is 9.16. The molecule has 3 nitrogen and oxygen atoms in total. The molecule has 2 rings (SSSR count). The van der Waals surface area contributed by atoms with Crippen LogP contribution in [0.2, 0.25) is 0 Å². The second-order valence-corrected chi connectivity index (χ2v) is 5.80. The molecule has 0 atom stereocenters. The lowest BCUT2D eigenvalue weighted by molar-refractivity contribution is 0.867. The fourth-order valence-corrected chi connectivity index (χ4v) is 2.35. The number of benzene rings is 1. The van der Waals surface area contributed by atoms with Crippen LogP contribution in [0.5, 0.6) is 0 Å². The van der Waals surface area contributed by atoms with Crippen molar-refractivity contribution in [2.45, 2.75) is 47.0 Å². The molecule has 0 radical (unpaired) electrons. The molecule has 1 heterocycles. The molecule has 1 aromatic heterocycles. The Morgan fingerprint density at radius 3 is 2.29 bits per heavy atom. The third kappa shape index (κ3) is 3.60. The highest BCUT2D eigenvalue weighted by molar-refractivity contribution is 5.68. The molecule has 0 saturated heterocycles. The van der Waals surface area contributed by atoms with Crippen molar-refractivity contribution in [1.82, 2.24) is 9.97 Å². The first-order valence-corrected chi connectivity index (χ1v) is 7.72. The van der Waals surface area contributed by atoms with Crippen molar-refractivity contribution in [3.63, 3.8) is 0 Å². The zero-order valence-corrected chi connectivity index (χ0v) is 13.7. The van der Waals surface area contributed by atoms with Crippen LogP contribution in [-0.4, -0.2) is 16.5 Å². The Morgan fingerprint density at radius 1 is 1.05 bits per heavy atom. The maximum atomic E-state index is 4.64. The average Bonchev–Trinajstić information content (AvgIpc) is 2.48. The van der Waals surface area contributed by atoms with E-state index in [0.717, 1.165) is 41.4 Å². The standard InChI is InChI=1S/C18H25N3/c1-6-11-19-18-13(4)17(20-14(5)21-18)16-9-7-15(8-10-16)12(2)3/h7-10,12H,6,11H2,1-5H3,(H,19,20,21). The molecule has 21 heavy (non-hydrogen) atoms. The van der Waals surface area contributed by atoms with E-state index < -0.39 is 0 Å². The van der Waals surface area contributed by atoms with Gasteiger partial charge in [0.05, 0.1) is 5.69 Å². The van der Waals surface area contributed by atoms with E-state index in [4.69, 9.17) is 0 Å². The second kappa shape index (κ2) is 6.70. The number of hydrogen-bond acceptors (Lipinski definition) is 3. The first-order chi connectivity index (χ1) is 10.0. The molecule has 0 aliphatic rings. The van der Waals surface area contributed by atoms with E-state index in [0.29, 0.717) is 5.92 Å². The van der Waals surface area contributed by atoms with E-state index in [-0.39, 0.29) is 0 Å². The molecule has 1 N–H and O–H groups in total. The van der Waals surface area contributed by atoms with Gasteiger partial charge in [0, 0.05) is 17.7 Å². The number of nitrogens with one attached hydrogen (secondary N) is 1. The number of rotatable bonds is 5. The minimum Gasteiger partial charge on any atom is -0.370 e. The number of aromatic nitrogens is 2. The van der Waals surface area contributed by atoms with Gasteiger partial charge in [0.2, 0.25) is 0 Å². The Bertz CT molecular complexity index is 601. The number of hydrogen-bond donors (Lipinski definition) is 1. The van der Waals surface area contributed by atoms with Crippen LogP contribution in [0.3, 0.4) is 0 Å². The quantitative estimate of drug-likeness (QED) is 0.863. The SMILES string of the molecule is CCCNc1nc(C)nc(-c2ccc(C(C)C)cc2)c1C. The Kier molecular flexibility index (Phi) is 4.94. The van der Waals surface area contributed by atoms with Crippen molar-refractivity contribution >= 4 is 5.82 Å². The summed E-state index contributed by atoms with van der Waals surface area (Å²) in [5.41, 5.74) is 4.65. The minimum absolute atomic E-state index is 0.550. The van der Waals surface area contributed by atoms with Crippen molar-refractivity contribution in [3.8, 4) is 11.3 Å². The Hall–Kier alpha value is -1.90. The van der Waals surface area contributed by atoms with E-state index in [1.165, 1.54) is 5.56 Å². The number of anilines is 1. The fraction of sp³-hybridized carbons (Fsp3) is 0.444. The van der Waals surface area contributed by atoms with Crippen LogP contribution < -0.4 is 5.32 Å². The lowest BCUT2D eigenvalue weighted by Gasteiger charge is -2.13. The number of nitrogens with zero attached hydrogens (tertiary/aromatic N) is 2. The molecule has 0 saturated carbocycles. The van der Waals surface area contributed by atoms with Crippen molar-refractivity contribution < 1.29 is 0 Å². The molecule has 1 aromatic carbocycles. The summed E-state index contributed by atoms with van der Waals surface area (Å²) in [6.07, 6.45) is 1.08. The van der Waals surface area contributed by atoms with Crippen LogP contribution >= 0.6 is 0 Å². The molecule has 0 unspecified atom stereocenters. The van der Waals surface area contributed by atoms with Crippen LogP contribution in [0.4, 0.5) is 5.82 Å². The average molecular weight is 283 g/mol. The zero-order chi connectivity index (χ0) is 15.4. The fourth-order valence-electron chi connectivity index (χ4n) is 2.35. The highest BCUT2D eigenvalue weighted by atomic mass is 15.0. The lowest BCUT2D eigenvalue weighted by atomic mass is 9.99. The molecule has 2 aromatic rings. The third-order valence-corrected chi connectivity index (χ3v) is 3.65. The van der Waals surface area contributed by atoms with Crippen LogP contribution in [0, 0.1) is 13.8 Å². The zero-order valence-electron chi connectivity index (χ0n) is 13.7. The van der Waals surface area contributed by atoms with Gasteiger partial charge in [0.1, 0.15) is 11.6 Å². The van der Waals surface area contributed by atoms with Gasteiger partial charge in [0.15, 0.2) is 0 Å². The smallest absolute Gasteiger partial charge is 0.133 e. The van der Waals surface area contributed by atoms with E-state index in [1.807, 2.05) is 6.92 Å². The van der Waals surface area contributed by atoms with Gasteiger partial charge in [0.25, 0.3) is 0 Å². The van der Waals surface area contributed by atoms with Gasteiger partial charge in [-0.2, -0.15) is 0 Å². The molecular formula is C18H25N3. The summed E-state index contributed by atoms with van der Waals surface area (Å²) in [5.74, 6) is 2.31. The largest absolute Gasteiger partial charge is 0.370 e. The van der Waals surface area contributed by atoms with Gasteiger partial charge >= 0.3 is 0 Å². The minimum atomic E-state index is 0.550. The number of aryl methyl sites for hydroxylation is 1. The van der Waals surface area contributed by atoms with Gasteiger partial charge in [-0.15, -0.1) is 0 Å². The predicted octanol–water partition coefficient (Wildman–Crippen LogP) is 4.71. The first-order valence-electron chi connectivity index (χ1n) is 7.72. The predicted molar refractivity (Wildman–Crippen MR) is 89.8 cm³/mol. The van der Waals surface area contributed by atoms with Gasteiger partial charge in [-0.05, 0) is 31.7 Å². The lowest BCUT2D eigenvalue weighted by Crippen LogP contribution is -2.07. The highest BCUT2D eigenvalue weighted by Gasteiger charge is 2.11. The third-order valence-electron chi connectivity index (χ3n) is 3.65. The Balaban J connectivity index is 2.40. The molecule has 112 valence electrons. The van der Waals surface area contributed by atoms with Gasteiger partial charge in [-0.1, -0.05) is 45.0 Å².